The highest BCUT2D eigenvalue weighted by molar-refractivity contribution is 7.09. The summed E-state index contributed by atoms with van der Waals surface area (Å²) in [6.45, 7) is 1.53. The van der Waals surface area contributed by atoms with Crippen molar-refractivity contribution >= 4 is 17.2 Å². The van der Waals surface area contributed by atoms with Gasteiger partial charge in [-0.15, -0.1) is 11.3 Å². The first-order valence-corrected chi connectivity index (χ1v) is 7.61. The van der Waals surface area contributed by atoms with Crippen LogP contribution in [0.25, 0.3) is 0 Å². The van der Waals surface area contributed by atoms with Crippen molar-refractivity contribution in [2.45, 2.75) is 38.1 Å². The Bertz CT molecular complexity index is 437. The zero-order valence-electron chi connectivity index (χ0n) is 10.5. The monoisotopic (exact) mass is 265 g/mol. The summed E-state index contributed by atoms with van der Waals surface area (Å²) in [6.07, 6.45) is 5.67. The predicted octanol–water partition coefficient (Wildman–Crippen LogP) is 1.66. The van der Waals surface area contributed by atoms with E-state index >= 15 is 0 Å². The number of nitrogens with two attached hydrogens (primary N) is 1. The minimum atomic E-state index is 0.129. The largest absolute Gasteiger partial charge is 0.334 e. The molecule has 2 N–H and O–H groups in total. The average molecular weight is 265 g/mol. The number of aromatic nitrogens is 1. The summed E-state index contributed by atoms with van der Waals surface area (Å²) in [6, 6.07) is 0.484. The van der Waals surface area contributed by atoms with Crippen molar-refractivity contribution in [3.05, 3.63) is 16.1 Å². The summed E-state index contributed by atoms with van der Waals surface area (Å²) in [5.41, 5.74) is 6.13. The van der Waals surface area contributed by atoms with Crippen LogP contribution >= 0.6 is 11.3 Å². The molecule has 2 aliphatic rings. The standard InChI is InChI=1S/C13H19N3OS/c14-6-5-12-15-11(8-18-12)13(17)16(10-3-4-10)7-9-1-2-9/h8-10H,1-7,14H2. The maximum absolute atomic E-state index is 12.4. The van der Waals surface area contributed by atoms with Crippen molar-refractivity contribution in [3.8, 4) is 0 Å². The van der Waals surface area contributed by atoms with Crippen LogP contribution in [0.1, 0.15) is 41.2 Å². The highest BCUT2D eigenvalue weighted by atomic mass is 32.1. The van der Waals surface area contributed by atoms with Gasteiger partial charge >= 0.3 is 0 Å². The molecule has 3 rings (SSSR count). The van der Waals surface area contributed by atoms with Crippen LogP contribution in [-0.2, 0) is 6.42 Å². The zero-order chi connectivity index (χ0) is 12.5. The number of amides is 1. The third-order valence-electron chi connectivity index (χ3n) is 3.53. The van der Waals surface area contributed by atoms with Crippen LogP contribution in [0.2, 0.25) is 0 Å². The van der Waals surface area contributed by atoms with Gasteiger partial charge in [0, 0.05) is 24.4 Å². The van der Waals surface area contributed by atoms with E-state index in [1.807, 2.05) is 5.38 Å². The maximum Gasteiger partial charge on any atom is 0.273 e. The van der Waals surface area contributed by atoms with Crippen LogP contribution in [-0.4, -0.2) is 34.9 Å². The normalized spacial score (nSPS) is 18.9. The number of hydrogen-bond acceptors (Lipinski definition) is 4. The molecule has 0 unspecified atom stereocenters. The lowest BCUT2D eigenvalue weighted by molar-refractivity contribution is 0.0729. The van der Waals surface area contributed by atoms with Crippen LogP contribution in [0.4, 0.5) is 0 Å². The molecule has 2 saturated carbocycles. The molecule has 2 aliphatic carbocycles. The summed E-state index contributed by atoms with van der Waals surface area (Å²) in [5.74, 6) is 0.876. The fourth-order valence-electron chi connectivity index (χ4n) is 2.16. The highest BCUT2D eigenvalue weighted by Gasteiger charge is 2.37. The SMILES string of the molecule is NCCc1nc(C(=O)N(CC2CC2)C2CC2)cs1. The van der Waals surface area contributed by atoms with Crippen molar-refractivity contribution in [3.63, 3.8) is 0 Å². The van der Waals surface area contributed by atoms with Gasteiger partial charge in [-0.2, -0.15) is 0 Å². The summed E-state index contributed by atoms with van der Waals surface area (Å²) in [7, 11) is 0. The van der Waals surface area contributed by atoms with E-state index < -0.39 is 0 Å². The van der Waals surface area contributed by atoms with Crippen molar-refractivity contribution in [1.29, 1.82) is 0 Å². The van der Waals surface area contributed by atoms with Gasteiger partial charge in [0.15, 0.2) is 0 Å². The van der Waals surface area contributed by atoms with Crippen LogP contribution in [0.3, 0.4) is 0 Å². The second-order valence-electron chi connectivity index (χ2n) is 5.30. The van der Waals surface area contributed by atoms with Gasteiger partial charge in [-0.25, -0.2) is 4.98 Å². The minimum Gasteiger partial charge on any atom is -0.334 e. The second kappa shape index (κ2) is 4.97. The van der Waals surface area contributed by atoms with Gasteiger partial charge in [0.1, 0.15) is 5.69 Å². The minimum absolute atomic E-state index is 0.129. The van der Waals surface area contributed by atoms with E-state index in [-0.39, 0.29) is 5.91 Å². The molecule has 0 saturated heterocycles. The van der Waals surface area contributed by atoms with Crippen LogP contribution in [0.15, 0.2) is 5.38 Å². The van der Waals surface area contributed by atoms with Crippen molar-refractivity contribution in [1.82, 2.24) is 9.88 Å². The lowest BCUT2D eigenvalue weighted by Crippen LogP contribution is -2.35. The number of nitrogens with zero attached hydrogens (tertiary/aromatic N) is 2. The Hall–Kier alpha value is -0.940. The van der Waals surface area contributed by atoms with E-state index in [1.54, 1.807) is 11.3 Å². The molecular weight excluding hydrogens is 246 g/mol. The maximum atomic E-state index is 12.4. The molecule has 4 nitrogen and oxygen atoms in total. The first-order chi connectivity index (χ1) is 8.78. The molecular formula is C13H19N3OS. The fourth-order valence-corrected chi connectivity index (χ4v) is 2.95. The third kappa shape index (κ3) is 2.72. The van der Waals surface area contributed by atoms with Gasteiger partial charge in [-0.05, 0) is 38.1 Å². The van der Waals surface area contributed by atoms with E-state index in [2.05, 4.69) is 9.88 Å². The Morgan fingerprint density at radius 3 is 2.83 bits per heavy atom. The first kappa shape index (κ1) is 12.1. The highest BCUT2D eigenvalue weighted by Crippen LogP contribution is 2.35. The lowest BCUT2D eigenvalue weighted by Gasteiger charge is -2.21. The molecule has 0 aliphatic heterocycles. The molecule has 1 aromatic heterocycles. The summed E-state index contributed by atoms with van der Waals surface area (Å²) >= 11 is 1.55. The second-order valence-corrected chi connectivity index (χ2v) is 6.24. The zero-order valence-corrected chi connectivity index (χ0v) is 11.3. The van der Waals surface area contributed by atoms with Crippen LogP contribution in [0, 0.1) is 5.92 Å². The predicted molar refractivity (Wildman–Crippen MR) is 71.7 cm³/mol. The first-order valence-electron chi connectivity index (χ1n) is 6.73. The molecule has 1 heterocycles. The van der Waals surface area contributed by atoms with Crippen LogP contribution in [0.5, 0.6) is 0 Å². The third-order valence-corrected chi connectivity index (χ3v) is 4.44. The number of carbonyl (C=O) groups excluding carboxylic acids is 1. The summed E-state index contributed by atoms with van der Waals surface area (Å²) in [4.78, 5) is 18.9. The Balaban J connectivity index is 1.69. The van der Waals surface area contributed by atoms with Gasteiger partial charge in [-0.3, -0.25) is 4.79 Å². The molecule has 0 atom stereocenters. The molecule has 0 radical (unpaired) electrons. The topological polar surface area (TPSA) is 59.2 Å². The number of rotatable bonds is 6. The van der Waals surface area contributed by atoms with Crippen molar-refractivity contribution in [2.24, 2.45) is 11.7 Å². The van der Waals surface area contributed by atoms with Crippen LogP contribution < -0.4 is 5.73 Å². The van der Waals surface area contributed by atoms with Gasteiger partial charge in [0.05, 0.1) is 5.01 Å². The Labute approximate surface area is 111 Å². The molecule has 1 aromatic rings. The van der Waals surface area contributed by atoms with Gasteiger partial charge in [-0.1, -0.05) is 0 Å². The van der Waals surface area contributed by atoms with Gasteiger partial charge in [0.2, 0.25) is 0 Å². The molecule has 98 valence electrons. The van der Waals surface area contributed by atoms with E-state index in [0.717, 1.165) is 36.7 Å². The average Bonchev–Trinajstić information content (AvgIpc) is 3.26. The molecule has 2 fully saturated rings. The summed E-state index contributed by atoms with van der Waals surface area (Å²) in [5, 5.41) is 2.86. The van der Waals surface area contributed by atoms with Crippen molar-refractivity contribution in [2.75, 3.05) is 13.1 Å². The van der Waals surface area contributed by atoms with E-state index in [1.165, 1.54) is 12.8 Å². The van der Waals surface area contributed by atoms with Gasteiger partial charge in [0.25, 0.3) is 5.91 Å². The molecule has 0 aromatic carbocycles. The number of thiazole rings is 1. The molecule has 0 bridgehead atoms. The summed E-state index contributed by atoms with van der Waals surface area (Å²) < 4.78 is 0. The number of carbonyl (C=O) groups is 1. The molecule has 0 spiro atoms. The Morgan fingerprint density at radius 1 is 1.44 bits per heavy atom. The van der Waals surface area contributed by atoms with Crippen molar-refractivity contribution < 1.29 is 4.79 Å². The smallest absolute Gasteiger partial charge is 0.273 e. The van der Waals surface area contributed by atoms with E-state index in [4.69, 9.17) is 5.73 Å². The number of hydrogen-bond donors (Lipinski definition) is 1. The fraction of sp³-hybridized carbons (Fsp3) is 0.692. The van der Waals surface area contributed by atoms with Gasteiger partial charge < -0.3 is 10.6 Å². The quantitative estimate of drug-likeness (QED) is 0.851. The lowest BCUT2D eigenvalue weighted by atomic mass is 10.3. The van der Waals surface area contributed by atoms with E-state index in [0.29, 0.717) is 18.3 Å². The Kier molecular flexibility index (Phi) is 3.35. The molecule has 18 heavy (non-hydrogen) atoms. The molecule has 5 heteroatoms. The molecule has 1 amide bonds. The Morgan fingerprint density at radius 2 is 2.22 bits per heavy atom. The van der Waals surface area contributed by atoms with E-state index in [9.17, 15) is 4.79 Å².